The molecular weight excluding hydrogens is 387 g/mol. The van der Waals surface area contributed by atoms with Crippen LogP contribution in [0, 0.1) is 3.57 Å². The molecule has 20 heavy (non-hydrogen) atoms. The van der Waals surface area contributed by atoms with Crippen molar-refractivity contribution >= 4 is 38.2 Å². The number of allylic oxidation sites excluding steroid dienone is 1. The van der Waals surface area contributed by atoms with Crippen LogP contribution in [0.25, 0.3) is 0 Å². The summed E-state index contributed by atoms with van der Waals surface area (Å²) >= 11 is 2.10. The Morgan fingerprint density at radius 1 is 0.950 bits per heavy atom. The van der Waals surface area contributed by atoms with Gasteiger partial charge in [0.05, 0.1) is 4.90 Å². The van der Waals surface area contributed by atoms with E-state index in [1.165, 1.54) is 12.1 Å². The molecule has 2 rings (SSSR count). The number of ketones is 1. The third-order valence-electron chi connectivity index (χ3n) is 2.60. The molecule has 0 radical (unpaired) electrons. The number of carbonyl (C=O) groups is 1. The van der Waals surface area contributed by atoms with Crippen LogP contribution in [-0.2, 0) is 9.84 Å². The van der Waals surface area contributed by atoms with Crippen LogP contribution in [0.15, 0.2) is 71.0 Å². The molecule has 0 saturated carbocycles. The predicted octanol–water partition coefficient (Wildman–Crippen LogP) is 3.46. The van der Waals surface area contributed by atoms with Gasteiger partial charge < -0.3 is 0 Å². The fraction of sp³-hybridized carbons (Fsp3) is 0. The summed E-state index contributed by atoms with van der Waals surface area (Å²) in [5, 5.41) is 0.949. The van der Waals surface area contributed by atoms with Gasteiger partial charge in [0.1, 0.15) is 0 Å². The quantitative estimate of drug-likeness (QED) is 0.450. The lowest BCUT2D eigenvalue weighted by Crippen LogP contribution is -1.99. The zero-order chi connectivity index (χ0) is 14.6. The van der Waals surface area contributed by atoms with E-state index in [1.54, 1.807) is 42.5 Å². The lowest BCUT2D eigenvalue weighted by molar-refractivity contribution is 0.104. The van der Waals surface area contributed by atoms with Crippen LogP contribution in [0.4, 0.5) is 0 Å². The first kappa shape index (κ1) is 14.9. The number of sulfone groups is 1. The molecule has 2 aromatic rings. The van der Waals surface area contributed by atoms with Crippen molar-refractivity contribution in [2.24, 2.45) is 0 Å². The Morgan fingerprint density at radius 2 is 1.55 bits per heavy atom. The maximum Gasteiger partial charge on any atom is 0.199 e. The molecule has 0 aliphatic carbocycles. The molecular formula is C15H11IO3S. The molecule has 0 bridgehead atoms. The first-order valence-electron chi connectivity index (χ1n) is 5.77. The molecule has 0 aliphatic rings. The zero-order valence-corrected chi connectivity index (χ0v) is 13.3. The molecule has 0 amide bonds. The van der Waals surface area contributed by atoms with Gasteiger partial charge >= 0.3 is 0 Å². The van der Waals surface area contributed by atoms with Crippen LogP contribution < -0.4 is 0 Å². The molecule has 0 atom stereocenters. The first-order chi connectivity index (χ1) is 9.49. The van der Waals surface area contributed by atoms with Crippen molar-refractivity contribution in [1.82, 2.24) is 0 Å². The molecule has 0 spiro atoms. The molecule has 0 N–H and O–H groups in total. The molecule has 102 valence electrons. The van der Waals surface area contributed by atoms with Gasteiger partial charge in [-0.05, 0) is 52.9 Å². The second kappa shape index (κ2) is 6.32. The Hall–Kier alpha value is -1.47. The Labute approximate surface area is 131 Å². The van der Waals surface area contributed by atoms with Gasteiger partial charge in [-0.15, -0.1) is 0 Å². The molecule has 3 nitrogen and oxygen atoms in total. The molecule has 0 aliphatic heterocycles. The maximum absolute atomic E-state index is 12.0. The molecule has 0 aromatic heterocycles. The van der Waals surface area contributed by atoms with Gasteiger partial charge in [0.15, 0.2) is 15.6 Å². The second-order valence-electron chi connectivity index (χ2n) is 4.03. The molecule has 0 unspecified atom stereocenters. The van der Waals surface area contributed by atoms with Crippen molar-refractivity contribution in [3.63, 3.8) is 0 Å². The van der Waals surface area contributed by atoms with Gasteiger partial charge in [0.2, 0.25) is 0 Å². The molecule has 0 saturated heterocycles. The van der Waals surface area contributed by atoms with Crippen LogP contribution in [-0.4, -0.2) is 14.2 Å². The van der Waals surface area contributed by atoms with Crippen LogP contribution >= 0.6 is 22.6 Å². The van der Waals surface area contributed by atoms with E-state index in [4.69, 9.17) is 0 Å². The predicted molar refractivity (Wildman–Crippen MR) is 86.3 cm³/mol. The average molecular weight is 398 g/mol. The highest BCUT2D eigenvalue weighted by atomic mass is 127. The van der Waals surface area contributed by atoms with Crippen molar-refractivity contribution in [2.75, 3.05) is 0 Å². The number of benzene rings is 2. The molecule has 2 aromatic carbocycles. The van der Waals surface area contributed by atoms with Gasteiger partial charge in [-0.2, -0.15) is 0 Å². The van der Waals surface area contributed by atoms with Gasteiger partial charge in [-0.1, -0.05) is 30.3 Å². The lowest BCUT2D eigenvalue weighted by Gasteiger charge is -1.99. The van der Waals surface area contributed by atoms with E-state index in [0.29, 0.717) is 5.56 Å². The zero-order valence-electron chi connectivity index (χ0n) is 10.4. The summed E-state index contributed by atoms with van der Waals surface area (Å²) in [6.45, 7) is 0. The Morgan fingerprint density at radius 3 is 2.15 bits per heavy atom. The SMILES string of the molecule is O=C(/C=C/S(=O)(=O)c1ccc(I)cc1)c1ccccc1. The number of hydrogen-bond acceptors (Lipinski definition) is 3. The Kier molecular flexibility index (Phi) is 4.72. The number of hydrogen-bond donors (Lipinski definition) is 0. The van der Waals surface area contributed by atoms with E-state index in [-0.39, 0.29) is 10.7 Å². The van der Waals surface area contributed by atoms with E-state index in [2.05, 4.69) is 22.6 Å². The van der Waals surface area contributed by atoms with Crippen LogP contribution in [0.1, 0.15) is 10.4 Å². The number of carbonyl (C=O) groups excluding carboxylic acids is 1. The summed E-state index contributed by atoms with van der Waals surface area (Å²) in [4.78, 5) is 12.0. The van der Waals surface area contributed by atoms with E-state index < -0.39 is 9.84 Å². The minimum absolute atomic E-state index is 0.176. The number of halogens is 1. The lowest BCUT2D eigenvalue weighted by atomic mass is 10.1. The normalized spacial score (nSPS) is 11.7. The van der Waals surface area contributed by atoms with Gasteiger partial charge in [-0.25, -0.2) is 8.42 Å². The van der Waals surface area contributed by atoms with Gasteiger partial charge in [-0.3, -0.25) is 4.79 Å². The van der Waals surface area contributed by atoms with E-state index in [1.807, 2.05) is 0 Å². The standard InChI is InChI=1S/C15H11IO3S/c16-13-6-8-14(9-7-13)20(18,19)11-10-15(17)12-4-2-1-3-5-12/h1-11H/b11-10+. The summed E-state index contributed by atoms with van der Waals surface area (Å²) in [6.07, 6.45) is 1.09. The maximum atomic E-state index is 12.0. The van der Waals surface area contributed by atoms with E-state index >= 15 is 0 Å². The highest BCUT2D eigenvalue weighted by molar-refractivity contribution is 14.1. The van der Waals surface area contributed by atoms with Crippen LogP contribution in [0.5, 0.6) is 0 Å². The van der Waals surface area contributed by atoms with Gasteiger partial charge in [0, 0.05) is 14.5 Å². The molecule has 0 heterocycles. The molecule has 5 heteroatoms. The minimum atomic E-state index is -3.58. The Bertz CT molecular complexity index is 732. The minimum Gasteiger partial charge on any atom is -0.289 e. The number of rotatable bonds is 4. The summed E-state index contributed by atoms with van der Waals surface area (Å²) < 4.78 is 25.0. The highest BCUT2D eigenvalue weighted by Crippen LogP contribution is 2.15. The third kappa shape index (κ3) is 3.77. The fourth-order valence-electron chi connectivity index (χ4n) is 1.55. The highest BCUT2D eigenvalue weighted by Gasteiger charge is 2.11. The molecule has 0 fully saturated rings. The van der Waals surface area contributed by atoms with Crippen LogP contribution in [0.2, 0.25) is 0 Å². The van der Waals surface area contributed by atoms with Crippen molar-refractivity contribution in [3.8, 4) is 0 Å². The smallest absolute Gasteiger partial charge is 0.199 e. The van der Waals surface area contributed by atoms with Crippen LogP contribution in [0.3, 0.4) is 0 Å². The van der Waals surface area contributed by atoms with Crippen molar-refractivity contribution in [1.29, 1.82) is 0 Å². The summed E-state index contributed by atoms with van der Waals surface area (Å²) in [5.74, 6) is -0.334. The van der Waals surface area contributed by atoms with E-state index in [0.717, 1.165) is 15.1 Å². The van der Waals surface area contributed by atoms with Crippen molar-refractivity contribution < 1.29 is 13.2 Å². The van der Waals surface area contributed by atoms with Crippen molar-refractivity contribution in [2.45, 2.75) is 4.90 Å². The van der Waals surface area contributed by atoms with Crippen molar-refractivity contribution in [3.05, 3.63) is 75.2 Å². The first-order valence-corrected chi connectivity index (χ1v) is 8.40. The summed E-state index contributed by atoms with van der Waals surface area (Å²) in [6, 6.07) is 15.0. The average Bonchev–Trinajstić information content (AvgIpc) is 2.46. The third-order valence-corrected chi connectivity index (χ3v) is 4.74. The Balaban J connectivity index is 2.22. The monoisotopic (exact) mass is 398 g/mol. The largest absolute Gasteiger partial charge is 0.289 e. The summed E-state index contributed by atoms with van der Waals surface area (Å²) in [7, 11) is -3.58. The van der Waals surface area contributed by atoms with Gasteiger partial charge in [0.25, 0.3) is 0 Å². The topological polar surface area (TPSA) is 51.2 Å². The second-order valence-corrected chi connectivity index (χ2v) is 7.11. The summed E-state index contributed by atoms with van der Waals surface area (Å²) in [5.41, 5.74) is 0.460. The van der Waals surface area contributed by atoms with E-state index in [9.17, 15) is 13.2 Å². The fourth-order valence-corrected chi connectivity index (χ4v) is 2.89.